The molecule has 204 valence electrons. The van der Waals surface area contributed by atoms with E-state index in [9.17, 15) is 30.7 Å². The molecule has 2 saturated carbocycles. The van der Waals surface area contributed by atoms with E-state index >= 15 is 0 Å². The maximum Gasteiger partial charge on any atom is 0.432 e. The minimum Gasteiger partial charge on any atom is -0.429 e. The average molecular weight is 531 g/mol. The lowest BCUT2D eigenvalue weighted by Crippen LogP contribution is -2.27. The molecule has 4 rings (SSSR count). The lowest BCUT2D eigenvalue weighted by Gasteiger charge is -2.38. The largest absolute Gasteiger partial charge is 0.432 e. The Morgan fingerprint density at radius 2 is 1.24 bits per heavy atom. The quantitative estimate of drug-likeness (QED) is 0.244. The number of hydrogen-bond acceptors (Lipinski definition) is 1. The van der Waals surface area contributed by atoms with Gasteiger partial charge in [0, 0.05) is 12.1 Å². The minimum absolute atomic E-state index is 0.134. The summed E-state index contributed by atoms with van der Waals surface area (Å²) in [7, 11) is 0. The molecule has 2 aromatic rings. The number of hydrogen-bond donors (Lipinski definition) is 0. The van der Waals surface area contributed by atoms with Crippen molar-refractivity contribution < 1.29 is 35.5 Å². The van der Waals surface area contributed by atoms with E-state index in [0.717, 1.165) is 43.7 Å². The fourth-order valence-electron chi connectivity index (χ4n) is 6.26. The Morgan fingerprint density at radius 3 is 1.76 bits per heavy atom. The van der Waals surface area contributed by atoms with Crippen LogP contribution in [0.4, 0.5) is 30.7 Å². The van der Waals surface area contributed by atoms with Crippen LogP contribution in [0.25, 0.3) is 0 Å². The van der Waals surface area contributed by atoms with Gasteiger partial charge < -0.3 is 4.74 Å². The van der Waals surface area contributed by atoms with Crippen LogP contribution in [0.1, 0.15) is 94.6 Å². The average Bonchev–Trinajstić information content (AvgIpc) is 2.85. The lowest BCUT2D eigenvalue weighted by atomic mass is 9.68. The summed E-state index contributed by atoms with van der Waals surface area (Å²) >= 11 is 0. The third kappa shape index (κ3) is 6.43. The molecule has 1 nitrogen and oxygen atoms in total. The van der Waals surface area contributed by atoms with Crippen LogP contribution in [0.15, 0.2) is 24.3 Å². The van der Waals surface area contributed by atoms with Gasteiger partial charge in [0.15, 0.2) is 17.5 Å². The van der Waals surface area contributed by atoms with Crippen molar-refractivity contribution >= 4 is 0 Å². The highest BCUT2D eigenvalue weighted by molar-refractivity contribution is 5.33. The first kappa shape index (κ1) is 27.8. The van der Waals surface area contributed by atoms with Gasteiger partial charge in [-0.05, 0) is 79.9 Å². The van der Waals surface area contributed by atoms with Crippen molar-refractivity contribution in [2.75, 3.05) is 0 Å². The second kappa shape index (κ2) is 11.6. The fraction of sp³-hybridized carbons (Fsp3) is 0.586. The van der Waals surface area contributed by atoms with Crippen LogP contribution in [0.5, 0.6) is 5.75 Å². The lowest BCUT2D eigenvalue weighted by molar-refractivity contribution is -0.189. The molecule has 0 aromatic heterocycles. The van der Waals surface area contributed by atoms with E-state index in [1.54, 1.807) is 0 Å². The molecular weight excluding hydrogens is 497 g/mol. The summed E-state index contributed by atoms with van der Waals surface area (Å²) in [6.45, 7) is 2.22. The van der Waals surface area contributed by atoms with Crippen LogP contribution >= 0.6 is 0 Å². The zero-order chi connectivity index (χ0) is 26.7. The predicted octanol–water partition coefficient (Wildman–Crippen LogP) is 9.78. The summed E-state index contributed by atoms with van der Waals surface area (Å²) in [6.07, 6.45) is 7.63. The van der Waals surface area contributed by atoms with E-state index in [2.05, 4.69) is 11.7 Å². The molecule has 0 heterocycles. The first-order valence-corrected chi connectivity index (χ1v) is 13.3. The fourth-order valence-corrected chi connectivity index (χ4v) is 6.26. The second-order valence-electron chi connectivity index (χ2n) is 10.7. The minimum atomic E-state index is -4.57. The molecule has 37 heavy (non-hydrogen) atoms. The van der Waals surface area contributed by atoms with Gasteiger partial charge in [0.1, 0.15) is 22.9 Å². The predicted molar refractivity (Wildman–Crippen MR) is 127 cm³/mol. The van der Waals surface area contributed by atoms with Crippen LogP contribution in [0, 0.1) is 46.8 Å². The van der Waals surface area contributed by atoms with Crippen molar-refractivity contribution in [2.45, 2.75) is 89.6 Å². The van der Waals surface area contributed by atoms with Gasteiger partial charge >= 0.3 is 6.11 Å². The van der Waals surface area contributed by atoms with Crippen molar-refractivity contribution in [1.29, 1.82) is 0 Å². The number of alkyl halides is 2. The van der Waals surface area contributed by atoms with Gasteiger partial charge in [0.05, 0.1) is 0 Å². The summed E-state index contributed by atoms with van der Waals surface area (Å²) in [6, 6.07) is 2.16. The van der Waals surface area contributed by atoms with Gasteiger partial charge in [0.25, 0.3) is 0 Å². The molecule has 0 aliphatic heterocycles. The van der Waals surface area contributed by atoms with Crippen molar-refractivity contribution in [3.63, 3.8) is 0 Å². The summed E-state index contributed by atoms with van der Waals surface area (Å²) in [4.78, 5) is 0. The molecule has 0 unspecified atom stereocenters. The van der Waals surface area contributed by atoms with E-state index in [1.807, 2.05) is 0 Å². The number of halogens is 7. The first-order chi connectivity index (χ1) is 17.6. The highest BCUT2D eigenvalue weighted by Gasteiger charge is 2.42. The molecule has 0 bridgehead atoms. The normalized spacial score (nSPS) is 24.8. The van der Waals surface area contributed by atoms with Gasteiger partial charge in [-0.2, -0.15) is 8.78 Å². The van der Waals surface area contributed by atoms with Crippen molar-refractivity contribution in [1.82, 2.24) is 0 Å². The summed E-state index contributed by atoms with van der Waals surface area (Å²) in [5, 5.41) is 0. The van der Waals surface area contributed by atoms with E-state index < -0.39 is 46.5 Å². The zero-order valence-corrected chi connectivity index (χ0v) is 21.0. The number of rotatable bonds is 8. The molecule has 2 fully saturated rings. The maximum absolute atomic E-state index is 14.8. The third-order valence-corrected chi connectivity index (χ3v) is 8.33. The topological polar surface area (TPSA) is 9.23 Å². The number of unbranched alkanes of at least 4 members (excludes halogenated alkanes) is 1. The summed E-state index contributed by atoms with van der Waals surface area (Å²) in [5.74, 6) is -7.52. The molecule has 2 aromatic carbocycles. The highest BCUT2D eigenvalue weighted by atomic mass is 19.3. The van der Waals surface area contributed by atoms with Gasteiger partial charge in [0.2, 0.25) is 0 Å². The molecule has 2 aliphatic rings. The van der Waals surface area contributed by atoms with Gasteiger partial charge in [-0.25, -0.2) is 22.0 Å². The Bertz CT molecular complexity index is 1020. The van der Waals surface area contributed by atoms with Crippen LogP contribution in [-0.4, -0.2) is 0 Å². The molecule has 0 N–H and O–H groups in total. The summed E-state index contributed by atoms with van der Waals surface area (Å²) < 4.78 is 103. The van der Waals surface area contributed by atoms with Crippen molar-refractivity contribution in [3.05, 3.63) is 64.5 Å². The maximum atomic E-state index is 14.8. The van der Waals surface area contributed by atoms with Crippen LogP contribution in [0.2, 0.25) is 0 Å². The molecule has 8 heteroatoms. The Kier molecular flexibility index (Phi) is 8.74. The van der Waals surface area contributed by atoms with E-state index in [1.165, 1.54) is 44.9 Å². The Labute approximate surface area is 213 Å². The number of benzene rings is 2. The summed E-state index contributed by atoms with van der Waals surface area (Å²) in [5.41, 5.74) is -1.34. The van der Waals surface area contributed by atoms with Crippen LogP contribution in [-0.2, 0) is 6.11 Å². The highest BCUT2D eigenvalue weighted by Crippen LogP contribution is 2.45. The first-order valence-electron chi connectivity index (χ1n) is 13.3. The Morgan fingerprint density at radius 1 is 0.730 bits per heavy atom. The Hall–Kier alpha value is -2.25. The van der Waals surface area contributed by atoms with Gasteiger partial charge in [-0.3, -0.25) is 0 Å². The molecule has 0 atom stereocenters. The van der Waals surface area contributed by atoms with Crippen molar-refractivity contribution in [2.24, 2.45) is 17.8 Å². The standard InChI is InChI=1S/C29H33F7O/c1-2-3-4-17-5-7-18(8-6-17)19-9-11-20(12-10-19)21-13-23(30)27(24(31)14-21)29(35,36)37-22-15-25(32)28(34)26(33)16-22/h13-20H,2-12H2,1H3/t17-,18-,19-,20-. The van der Waals surface area contributed by atoms with Gasteiger partial charge in [-0.15, -0.1) is 0 Å². The van der Waals surface area contributed by atoms with Crippen LogP contribution < -0.4 is 4.74 Å². The molecule has 2 aliphatic carbocycles. The molecular formula is C29H33F7O. The molecule has 0 amide bonds. The van der Waals surface area contributed by atoms with Crippen molar-refractivity contribution in [3.8, 4) is 5.75 Å². The van der Waals surface area contributed by atoms with E-state index in [-0.39, 0.29) is 18.1 Å². The van der Waals surface area contributed by atoms with E-state index in [4.69, 9.17) is 0 Å². The monoisotopic (exact) mass is 530 g/mol. The molecule has 0 saturated heterocycles. The third-order valence-electron chi connectivity index (χ3n) is 8.33. The van der Waals surface area contributed by atoms with Gasteiger partial charge in [-0.1, -0.05) is 39.0 Å². The van der Waals surface area contributed by atoms with Crippen LogP contribution in [0.3, 0.4) is 0 Å². The van der Waals surface area contributed by atoms with E-state index in [0.29, 0.717) is 17.4 Å². The smallest absolute Gasteiger partial charge is 0.429 e. The SMILES string of the molecule is CCCC[C@H]1CC[C@H]([C@H]2CC[C@H](c3cc(F)c(C(F)(F)Oc4cc(F)c(F)c(F)c4)c(F)c3)CC2)CC1. The number of ether oxygens (including phenoxy) is 1. The molecule has 0 radical (unpaired) electrons. The Balaban J connectivity index is 1.39. The zero-order valence-electron chi connectivity index (χ0n) is 21.0. The molecule has 0 spiro atoms. The second-order valence-corrected chi connectivity index (χ2v) is 10.7.